The van der Waals surface area contributed by atoms with E-state index in [1.54, 1.807) is 0 Å². The van der Waals surface area contributed by atoms with Gasteiger partial charge in [-0.25, -0.2) is 0 Å². The molecule has 0 aromatic rings. The van der Waals surface area contributed by atoms with E-state index in [4.69, 9.17) is 0 Å². The molecular weight excluding hydrogens is 208 g/mol. The molecule has 102 valence electrons. The summed E-state index contributed by atoms with van der Waals surface area (Å²) < 4.78 is 0. The van der Waals surface area contributed by atoms with E-state index in [2.05, 4.69) is 37.5 Å². The summed E-state index contributed by atoms with van der Waals surface area (Å²) in [5, 5.41) is 0. The van der Waals surface area contributed by atoms with Gasteiger partial charge in [0.15, 0.2) is 0 Å². The topological polar surface area (TPSA) is 6.48 Å². The Hall–Kier alpha value is -0.0800. The summed E-state index contributed by atoms with van der Waals surface area (Å²) in [6, 6.07) is 0. The van der Waals surface area contributed by atoms with Gasteiger partial charge in [-0.2, -0.15) is 0 Å². The number of hydrogen-bond acceptors (Lipinski definition) is 2. The van der Waals surface area contributed by atoms with Crippen LogP contribution in [0.3, 0.4) is 0 Å². The van der Waals surface area contributed by atoms with E-state index in [1.807, 2.05) is 0 Å². The average molecular weight is 240 g/mol. The summed E-state index contributed by atoms with van der Waals surface area (Å²) in [6.45, 7) is 17.0. The fourth-order valence-corrected chi connectivity index (χ4v) is 2.50. The summed E-state index contributed by atoms with van der Waals surface area (Å²) >= 11 is 0. The minimum Gasteiger partial charge on any atom is -0.301 e. The fraction of sp³-hybridized carbons (Fsp3) is 1.00. The molecule has 0 aliphatic carbocycles. The highest BCUT2D eigenvalue weighted by Gasteiger charge is 2.14. The third kappa shape index (κ3) is 7.05. The largest absolute Gasteiger partial charge is 0.301 e. The number of likely N-dealkylation sites (N-methyl/N-ethyl adjacent to an activating group) is 1. The first kappa shape index (κ1) is 15.0. The number of unbranched alkanes of at least 4 members (excludes halogenated alkanes) is 2. The second-order valence-corrected chi connectivity index (χ2v) is 6.65. The van der Waals surface area contributed by atoms with E-state index >= 15 is 0 Å². The molecule has 0 radical (unpaired) electrons. The van der Waals surface area contributed by atoms with Crippen LogP contribution >= 0.6 is 0 Å². The number of rotatable bonds is 6. The summed E-state index contributed by atoms with van der Waals surface area (Å²) in [6.07, 6.45) is 5.57. The second-order valence-electron chi connectivity index (χ2n) is 6.65. The van der Waals surface area contributed by atoms with E-state index in [-0.39, 0.29) is 0 Å². The molecule has 0 saturated carbocycles. The van der Waals surface area contributed by atoms with Gasteiger partial charge in [0, 0.05) is 26.2 Å². The smallest absolute Gasteiger partial charge is 0.0110 e. The van der Waals surface area contributed by atoms with Gasteiger partial charge in [-0.15, -0.1) is 0 Å². The minimum atomic E-state index is 0.521. The standard InChI is InChI=1S/C15H32N2/c1-5-16-11-13-17(14-12-16)10-8-6-7-9-15(2,3)4/h5-14H2,1-4H3. The maximum Gasteiger partial charge on any atom is 0.0110 e. The Labute approximate surface area is 108 Å². The third-order valence-corrected chi connectivity index (χ3v) is 3.81. The first-order chi connectivity index (χ1) is 8.01. The SMILES string of the molecule is CCN1CCN(CCCCCC(C)(C)C)CC1. The molecule has 0 aromatic heterocycles. The molecule has 0 bridgehead atoms. The van der Waals surface area contributed by atoms with Crippen molar-refractivity contribution in [2.24, 2.45) is 5.41 Å². The van der Waals surface area contributed by atoms with Crippen molar-refractivity contribution in [2.45, 2.75) is 53.4 Å². The summed E-state index contributed by atoms with van der Waals surface area (Å²) in [5.74, 6) is 0. The van der Waals surface area contributed by atoms with E-state index in [0.29, 0.717) is 5.41 Å². The summed E-state index contributed by atoms with van der Waals surface area (Å²) in [7, 11) is 0. The van der Waals surface area contributed by atoms with E-state index < -0.39 is 0 Å². The molecule has 0 aromatic carbocycles. The quantitative estimate of drug-likeness (QED) is 0.658. The number of hydrogen-bond donors (Lipinski definition) is 0. The van der Waals surface area contributed by atoms with Crippen LogP contribution in [-0.4, -0.2) is 49.1 Å². The lowest BCUT2D eigenvalue weighted by Crippen LogP contribution is -2.46. The Morgan fingerprint density at radius 2 is 1.41 bits per heavy atom. The lowest BCUT2D eigenvalue weighted by molar-refractivity contribution is 0.135. The fourth-order valence-electron chi connectivity index (χ4n) is 2.50. The molecule has 1 aliphatic heterocycles. The maximum absolute atomic E-state index is 2.64. The van der Waals surface area contributed by atoms with Crippen molar-refractivity contribution in [3.63, 3.8) is 0 Å². The zero-order chi connectivity index (χ0) is 12.7. The summed E-state index contributed by atoms with van der Waals surface area (Å²) in [4.78, 5) is 5.19. The zero-order valence-corrected chi connectivity index (χ0v) is 12.5. The van der Waals surface area contributed by atoms with Gasteiger partial charge >= 0.3 is 0 Å². The van der Waals surface area contributed by atoms with Crippen LogP contribution in [0, 0.1) is 5.41 Å². The van der Waals surface area contributed by atoms with Crippen molar-refractivity contribution in [1.82, 2.24) is 9.80 Å². The van der Waals surface area contributed by atoms with Gasteiger partial charge in [-0.1, -0.05) is 40.5 Å². The maximum atomic E-state index is 2.64. The predicted molar refractivity (Wildman–Crippen MR) is 76.5 cm³/mol. The van der Waals surface area contributed by atoms with Gasteiger partial charge in [0.2, 0.25) is 0 Å². The van der Waals surface area contributed by atoms with Crippen LogP contribution in [0.1, 0.15) is 53.4 Å². The van der Waals surface area contributed by atoms with Crippen LogP contribution in [0.25, 0.3) is 0 Å². The lowest BCUT2D eigenvalue weighted by Gasteiger charge is -2.34. The van der Waals surface area contributed by atoms with Crippen LogP contribution in [0.15, 0.2) is 0 Å². The number of piperazine rings is 1. The van der Waals surface area contributed by atoms with Crippen LogP contribution in [0.5, 0.6) is 0 Å². The van der Waals surface area contributed by atoms with Crippen molar-refractivity contribution in [1.29, 1.82) is 0 Å². The molecule has 1 rings (SSSR count). The van der Waals surface area contributed by atoms with Crippen molar-refractivity contribution in [3.05, 3.63) is 0 Å². The zero-order valence-electron chi connectivity index (χ0n) is 12.5. The van der Waals surface area contributed by atoms with E-state index in [0.717, 1.165) is 0 Å². The normalized spacial score (nSPS) is 19.8. The van der Waals surface area contributed by atoms with Crippen molar-refractivity contribution < 1.29 is 0 Å². The molecule has 2 nitrogen and oxygen atoms in total. The molecule has 0 unspecified atom stereocenters. The Bertz CT molecular complexity index is 188. The molecule has 1 aliphatic rings. The highest BCUT2D eigenvalue weighted by molar-refractivity contribution is 4.71. The Balaban J connectivity index is 1.97. The van der Waals surface area contributed by atoms with Crippen molar-refractivity contribution in [3.8, 4) is 0 Å². The second kappa shape index (κ2) is 7.38. The molecule has 0 N–H and O–H groups in total. The van der Waals surface area contributed by atoms with Crippen LogP contribution < -0.4 is 0 Å². The molecule has 0 amide bonds. The molecule has 0 spiro atoms. The Morgan fingerprint density at radius 1 is 0.824 bits per heavy atom. The highest BCUT2D eigenvalue weighted by atomic mass is 15.3. The van der Waals surface area contributed by atoms with Gasteiger partial charge in [-0.3, -0.25) is 0 Å². The first-order valence-electron chi connectivity index (χ1n) is 7.46. The van der Waals surface area contributed by atoms with Crippen molar-refractivity contribution in [2.75, 3.05) is 39.3 Å². The molecular formula is C15H32N2. The molecule has 1 fully saturated rings. The summed E-state index contributed by atoms with van der Waals surface area (Å²) in [5.41, 5.74) is 0.521. The van der Waals surface area contributed by atoms with Gasteiger partial charge in [0.05, 0.1) is 0 Å². The first-order valence-corrected chi connectivity index (χ1v) is 7.46. The molecule has 2 heteroatoms. The van der Waals surface area contributed by atoms with Gasteiger partial charge < -0.3 is 9.80 Å². The molecule has 1 saturated heterocycles. The Kier molecular flexibility index (Phi) is 6.50. The van der Waals surface area contributed by atoms with Gasteiger partial charge in [0.25, 0.3) is 0 Å². The number of nitrogens with zero attached hydrogens (tertiary/aromatic N) is 2. The van der Waals surface area contributed by atoms with Crippen LogP contribution in [0.4, 0.5) is 0 Å². The Morgan fingerprint density at radius 3 is 1.94 bits per heavy atom. The average Bonchev–Trinajstić information content (AvgIpc) is 2.28. The van der Waals surface area contributed by atoms with Gasteiger partial charge in [-0.05, 0) is 31.3 Å². The highest BCUT2D eigenvalue weighted by Crippen LogP contribution is 2.22. The minimum absolute atomic E-state index is 0.521. The third-order valence-electron chi connectivity index (χ3n) is 3.81. The van der Waals surface area contributed by atoms with Crippen LogP contribution in [0.2, 0.25) is 0 Å². The van der Waals surface area contributed by atoms with Crippen molar-refractivity contribution >= 4 is 0 Å². The lowest BCUT2D eigenvalue weighted by atomic mass is 9.89. The predicted octanol–water partition coefficient (Wildman–Crippen LogP) is 3.23. The monoisotopic (exact) mass is 240 g/mol. The van der Waals surface area contributed by atoms with E-state index in [9.17, 15) is 0 Å². The molecule has 17 heavy (non-hydrogen) atoms. The van der Waals surface area contributed by atoms with Crippen LogP contribution in [-0.2, 0) is 0 Å². The van der Waals surface area contributed by atoms with E-state index in [1.165, 1.54) is 65.0 Å². The molecule has 0 atom stereocenters. The molecule has 1 heterocycles. The van der Waals surface area contributed by atoms with Gasteiger partial charge in [0.1, 0.15) is 0 Å².